The van der Waals surface area contributed by atoms with Crippen molar-refractivity contribution in [2.24, 2.45) is 0 Å². The average Bonchev–Trinajstić information content (AvgIpc) is 2.14. The molecule has 0 bridgehead atoms. The van der Waals surface area contributed by atoms with Crippen molar-refractivity contribution in [3.8, 4) is 0 Å². The normalized spacial score (nSPS) is 19.1. The molecule has 0 aromatic heterocycles. The third kappa shape index (κ3) is 5.95. The van der Waals surface area contributed by atoms with Gasteiger partial charge in [-0.25, -0.2) is 0 Å². The van der Waals surface area contributed by atoms with E-state index in [0.29, 0.717) is 12.5 Å². The first-order chi connectivity index (χ1) is 6.97. The van der Waals surface area contributed by atoms with Gasteiger partial charge in [-0.2, -0.15) is 0 Å². The van der Waals surface area contributed by atoms with Crippen LogP contribution in [0.25, 0.3) is 0 Å². The molecule has 0 amide bonds. The molecular weight excluding hydrogens is 186 g/mol. The Morgan fingerprint density at radius 2 is 1.93 bits per heavy atom. The van der Waals surface area contributed by atoms with Gasteiger partial charge in [0.05, 0.1) is 5.60 Å². The van der Waals surface area contributed by atoms with Crippen molar-refractivity contribution in [3.05, 3.63) is 12.2 Å². The molecule has 1 rings (SSSR count). The third-order valence-corrected chi connectivity index (χ3v) is 2.93. The molecule has 0 saturated heterocycles. The van der Waals surface area contributed by atoms with Crippen LogP contribution in [0.4, 0.5) is 0 Å². The number of hydrogen-bond donors (Lipinski definition) is 2. The van der Waals surface area contributed by atoms with Gasteiger partial charge in [0.15, 0.2) is 0 Å². The van der Waals surface area contributed by atoms with E-state index in [1.54, 1.807) is 0 Å². The molecule has 0 aromatic rings. The van der Waals surface area contributed by atoms with E-state index in [2.05, 4.69) is 11.9 Å². The zero-order chi connectivity index (χ0) is 11.3. The summed E-state index contributed by atoms with van der Waals surface area (Å²) >= 11 is 0. The fourth-order valence-corrected chi connectivity index (χ4v) is 2.27. The van der Waals surface area contributed by atoms with Crippen molar-refractivity contribution in [1.82, 2.24) is 5.32 Å². The maximum atomic E-state index is 9.64. The van der Waals surface area contributed by atoms with Gasteiger partial charge in [0.2, 0.25) is 0 Å². The highest BCUT2D eigenvalue weighted by molar-refractivity contribution is 5.01. The van der Waals surface area contributed by atoms with Crippen LogP contribution in [0.5, 0.6) is 0 Å². The minimum atomic E-state index is -0.620. The zero-order valence-corrected chi connectivity index (χ0v) is 10.2. The summed E-state index contributed by atoms with van der Waals surface area (Å²) in [6, 6.07) is 0.678. The Labute approximate surface area is 93.8 Å². The fourth-order valence-electron chi connectivity index (χ4n) is 2.27. The molecular formula is C13H25NO. The molecule has 2 N–H and O–H groups in total. The summed E-state index contributed by atoms with van der Waals surface area (Å²) in [5.74, 6) is 0. The Balaban J connectivity index is 2.15. The number of hydrogen-bond acceptors (Lipinski definition) is 2. The molecule has 0 radical (unpaired) electrons. The van der Waals surface area contributed by atoms with Gasteiger partial charge in [0.25, 0.3) is 0 Å². The SMILES string of the molecule is C=C(CNC1CCCCC1)CC(C)(C)O. The van der Waals surface area contributed by atoms with Crippen LogP contribution < -0.4 is 5.32 Å². The van der Waals surface area contributed by atoms with Crippen LogP contribution in [0.3, 0.4) is 0 Å². The zero-order valence-electron chi connectivity index (χ0n) is 10.2. The first-order valence-electron chi connectivity index (χ1n) is 6.10. The quantitative estimate of drug-likeness (QED) is 0.685. The van der Waals surface area contributed by atoms with Gasteiger partial charge in [0.1, 0.15) is 0 Å². The van der Waals surface area contributed by atoms with Crippen molar-refractivity contribution in [2.75, 3.05) is 6.54 Å². The maximum absolute atomic E-state index is 9.64. The van der Waals surface area contributed by atoms with Gasteiger partial charge in [-0.15, -0.1) is 0 Å². The topological polar surface area (TPSA) is 32.3 Å². The van der Waals surface area contributed by atoms with Crippen LogP contribution in [-0.2, 0) is 0 Å². The molecule has 1 aliphatic carbocycles. The Kier molecular flexibility index (Phi) is 4.81. The van der Waals surface area contributed by atoms with Crippen LogP contribution in [0.1, 0.15) is 52.4 Å². The van der Waals surface area contributed by atoms with Crippen LogP contribution in [-0.4, -0.2) is 23.3 Å². The largest absolute Gasteiger partial charge is 0.390 e. The second kappa shape index (κ2) is 5.66. The van der Waals surface area contributed by atoms with E-state index in [1.165, 1.54) is 32.1 Å². The van der Waals surface area contributed by atoms with Crippen LogP contribution in [0.2, 0.25) is 0 Å². The lowest BCUT2D eigenvalue weighted by Crippen LogP contribution is -2.33. The monoisotopic (exact) mass is 211 g/mol. The summed E-state index contributed by atoms with van der Waals surface area (Å²) < 4.78 is 0. The van der Waals surface area contributed by atoms with Crippen molar-refractivity contribution in [1.29, 1.82) is 0 Å². The van der Waals surface area contributed by atoms with Gasteiger partial charge >= 0.3 is 0 Å². The van der Waals surface area contributed by atoms with Gasteiger partial charge < -0.3 is 10.4 Å². The number of rotatable bonds is 5. The van der Waals surface area contributed by atoms with Gasteiger partial charge in [-0.3, -0.25) is 0 Å². The van der Waals surface area contributed by atoms with Gasteiger partial charge in [-0.05, 0) is 33.1 Å². The van der Waals surface area contributed by atoms with Gasteiger partial charge in [-0.1, -0.05) is 31.4 Å². The molecule has 0 unspecified atom stereocenters. The second-order valence-electron chi connectivity index (χ2n) is 5.46. The third-order valence-electron chi connectivity index (χ3n) is 2.93. The second-order valence-corrected chi connectivity index (χ2v) is 5.46. The maximum Gasteiger partial charge on any atom is 0.0629 e. The Morgan fingerprint density at radius 3 is 2.47 bits per heavy atom. The first kappa shape index (κ1) is 12.7. The molecule has 0 aromatic carbocycles. The van der Waals surface area contributed by atoms with Gasteiger partial charge in [0, 0.05) is 12.6 Å². The van der Waals surface area contributed by atoms with Crippen molar-refractivity contribution in [3.63, 3.8) is 0 Å². The average molecular weight is 211 g/mol. The highest BCUT2D eigenvalue weighted by Crippen LogP contribution is 2.18. The first-order valence-corrected chi connectivity index (χ1v) is 6.10. The summed E-state index contributed by atoms with van der Waals surface area (Å²) in [5.41, 5.74) is 0.485. The molecule has 0 spiro atoms. The summed E-state index contributed by atoms with van der Waals surface area (Å²) in [6.45, 7) is 8.52. The Bertz CT molecular complexity index is 199. The van der Waals surface area contributed by atoms with E-state index in [4.69, 9.17) is 0 Å². The molecule has 1 aliphatic rings. The number of aliphatic hydroxyl groups is 1. The van der Waals surface area contributed by atoms with E-state index in [0.717, 1.165) is 12.1 Å². The lowest BCUT2D eigenvalue weighted by Gasteiger charge is -2.25. The van der Waals surface area contributed by atoms with Crippen molar-refractivity contribution in [2.45, 2.75) is 64.0 Å². The van der Waals surface area contributed by atoms with Crippen LogP contribution in [0, 0.1) is 0 Å². The summed E-state index contributed by atoms with van der Waals surface area (Å²) in [5, 5.41) is 13.2. The molecule has 1 fully saturated rings. The lowest BCUT2D eigenvalue weighted by atomic mass is 9.94. The van der Waals surface area contributed by atoms with E-state index < -0.39 is 5.60 Å². The summed E-state index contributed by atoms with van der Waals surface area (Å²) in [4.78, 5) is 0. The Hall–Kier alpha value is -0.340. The minimum Gasteiger partial charge on any atom is -0.390 e. The number of nitrogens with one attached hydrogen (secondary N) is 1. The van der Waals surface area contributed by atoms with E-state index in [1.807, 2.05) is 13.8 Å². The highest BCUT2D eigenvalue weighted by atomic mass is 16.3. The summed E-state index contributed by atoms with van der Waals surface area (Å²) in [6.07, 6.45) is 7.40. The molecule has 1 saturated carbocycles. The van der Waals surface area contributed by atoms with Crippen molar-refractivity contribution >= 4 is 0 Å². The standard InChI is InChI=1S/C13H25NO/c1-11(9-13(2,3)15)10-14-12-7-5-4-6-8-12/h12,14-15H,1,4-10H2,2-3H3. The Morgan fingerprint density at radius 1 is 1.33 bits per heavy atom. The molecule has 2 heteroatoms. The molecule has 2 nitrogen and oxygen atoms in total. The summed E-state index contributed by atoms with van der Waals surface area (Å²) in [7, 11) is 0. The molecule has 15 heavy (non-hydrogen) atoms. The lowest BCUT2D eigenvalue weighted by molar-refractivity contribution is 0.0803. The van der Waals surface area contributed by atoms with E-state index in [-0.39, 0.29) is 0 Å². The van der Waals surface area contributed by atoms with Crippen molar-refractivity contribution < 1.29 is 5.11 Å². The molecule has 88 valence electrons. The molecule has 0 heterocycles. The highest BCUT2D eigenvalue weighted by Gasteiger charge is 2.16. The fraction of sp³-hybridized carbons (Fsp3) is 0.846. The predicted molar refractivity (Wildman–Crippen MR) is 64.9 cm³/mol. The smallest absolute Gasteiger partial charge is 0.0629 e. The van der Waals surface area contributed by atoms with Crippen LogP contribution >= 0.6 is 0 Å². The predicted octanol–water partition coefficient (Wildman–Crippen LogP) is 2.63. The van der Waals surface area contributed by atoms with Crippen LogP contribution in [0.15, 0.2) is 12.2 Å². The van der Waals surface area contributed by atoms with E-state index in [9.17, 15) is 5.11 Å². The molecule has 0 atom stereocenters. The van der Waals surface area contributed by atoms with E-state index >= 15 is 0 Å². The molecule has 0 aliphatic heterocycles. The minimum absolute atomic E-state index is 0.620.